The van der Waals surface area contributed by atoms with E-state index in [0.717, 1.165) is 44.1 Å². The Labute approximate surface area is 616 Å². The number of ether oxygens (including phenoxy) is 2. The summed E-state index contributed by atoms with van der Waals surface area (Å²) in [5.74, 6) is -11.8. The smallest absolute Gasteiger partial charge is 0.414 e. The predicted molar refractivity (Wildman–Crippen MR) is 393 cm³/mol. The number of carbonyl (C=O) groups excluding carboxylic acids is 12. The van der Waals surface area contributed by atoms with Crippen molar-refractivity contribution in [3.63, 3.8) is 0 Å². The van der Waals surface area contributed by atoms with Crippen LogP contribution in [0.2, 0.25) is 0 Å². The highest BCUT2D eigenvalue weighted by Gasteiger charge is 2.45. The molecule has 31 nitrogen and oxygen atoms in total. The lowest BCUT2D eigenvalue weighted by Gasteiger charge is -2.40. The average molecular weight is 1470 g/mol. The normalized spacial score (nSPS) is 25.6. The highest BCUT2D eigenvalue weighted by Crippen LogP contribution is 2.25. The molecule has 3 rings (SSSR count). The highest BCUT2D eigenvalue weighted by atomic mass is 16.6. The van der Waals surface area contributed by atoms with Gasteiger partial charge in [-0.3, -0.25) is 67.2 Å². The molecule has 590 valence electrons. The second-order valence-electron chi connectivity index (χ2n) is 30.7. The van der Waals surface area contributed by atoms with Crippen LogP contribution in [0, 0.1) is 41.4 Å². The van der Waals surface area contributed by atoms with E-state index in [1.165, 1.54) is 86.1 Å². The molecule has 0 spiro atoms. The Hall–Kier alpha value is -7.77. The second-order valence-corrected chi connectivity index (χ2v) is 30.7. The van der Waals surface area contributed by atoms with Crippen molar-refractivity contribution in [2.24, 2.45) is 41.4 Å². The number of nitrogens with zero attached hydrogens (tertiary/aromatic N) is 10. The Morgan fingerprint density at radius 2 is 1.07 bits per heavy atom. The van der Waals surface area contributed by atoms with Gasteiger partial charge in [0.2, 0.25) is 65.0 Å². The van der Waals surface area contributed by atoms with Gasteiger partial charge in [-0.05, 0) is 108 Å². The van der Waals surface area contributed by atoms with E-state index in [0.29, 0.717) is 25.4 Å². The number of rotatable bonds is 22. The molecule has 0 aromatic carbocycles. The molecule has 104 heavy (non-hydrogen) atoms. The van der Waals surface area contributed by atoms with Gasteiger partial charge in [-0.15, -0.1) is 0 Å². The maximum absolute atomic E-state index is 15.3. The van der Waals surface area contributed by atoms with E-state index in [4.69, 9.17) is 9.47 Å². The molecule has 0 bridgehead atoms. The third-order valence-electron chi connectivity index (χ3n) is 19.2. The number of allylic oxidation sites excluding steroid dienone is 2. The van der Waals surface area contributed by atoms with Crippen molar-refractivity contribution in [2.45, 2.75) is 228 Å². The topological polar surface area (TPSA) is 368 Å². The van der Waals surface area contributed by atoms with Crippen LogP contribution >= 0.6 is 0 Å². The fourth-order valence-corrected chi connectivity index (χ4v) is 12.8. The van der Waals surface area contributed by atoms with E-state index in [2.05, 4.69) is 36.6 Å². The molecule has 2 aliphatic rings. The summed E-state index contributed by atoms with van der Waals surface area (Å²) in [6.07, 6.45) is 3.07. The van der Waals surface area contributed by atoms with Gasteiger partial charge < -0.3 is 75.7 Å². The van der Waals surface area contributed by atoms with Crippen molar-refractivity contribution in [2.75, 3.05) is 100 Å². The first kappa shape index (κ1) is 90.4. The Morgan fingerprint density at radius 1 is 0.587 bits per heavy atom. The Morgan fingerprint density at radius 3 is 1.58 bits per heavy atom. The summed E-state index contributed by atoms with van der Waals surface area (Å²) in [4.78, 5) is 187. The minimum Gasteiger partial charge on any atom is -0.449 e. The minimum atomic E-state index is -1.79. The first-order valence-electron chi connectivity index (χ1n) is 36.8. The molecule has 1 aromatic rings. The maximum atomic E-state index is 15.3. The lowest BCUT2D eigenvalue weighted by molar-refractivity contribution is -0.155. The molecule has 0 saturated carbocycles. The van der Waals surface area contributed by atoms with E-state index >= 15 is 14.4 Å². The van der Waals surface area contributed by atoms with Gasteiger partial charge in [-0.1, -0.05) is 95.2 Å². The molecule has 31 heteroatoms. The average Bonchev–Trinajstić information content (AvgIpc) is 1.15. The fraction of sp³-hybridized carbons (Fsp3) is 0.767. The summed E-state index contributed by atoms with van der Waals surface area (Å²) in [6.45, 7) is 30.3. The number of likely N-dealkylation sites (N-methyl/N-ethyl adjacent to an activating group) is 6. The van der Waals surface area contributed by atoms with E-state index in [1.54, 1.807) is 57.6 Å². The second kappa shape index (κ2) is 42.4. The molecule has 0 radical (unpaired) electrons. The molecule has 0 aliphatic carbocycles. The maximum Gasteiger partial charge on any atom is 0.414 e. The van der Waals surface area contributed by atoms with Crippen LogP contribution in [0.5, 0.6) is 0 Å². The van der Waals surface area contributed by atoms with Gasteiger partial charge in [0.05, 0.1) is 57.0 Å². The molecule has 14 atom stereocenters. The molecular formula is C73H127N15O16. The van der Waals surface area contributed by atoms with Crippen LogP contribution in [0.4, 0.5) is 10.5 Å². The predicted octanol–water partition coefficient (Wildman–Crippen LogP) is 2.07. The number of aromatic nitrogens is 2. The summed E-state index contributed by atoms with van der Waals surface area (Å²) in [7, 11) is 9.52. The molecular weight excluding hydrogens is 1340 g/mol. The zero-order valence-corrected chi connectivity index (χ0v) is 66.3. The summed E-state index contributed by atoms with van der Waals surface area (Å²) >= 11 is 0. The number of nitrogens with one attached hydrogen (secondary N) is 5. The van der Waals surface area contributed by atoms with E-state index in [9.17, 15) is 53.4 Å². The van der Waals surface area contributed by atoms with Crippen molar-refractivity contribution in [3.8, 4) is 0 Å². The van der Waals surface area contributed by atoms with Crippen molar-refractivity contribution in [1.82, 2.24) is 70.7 Å². The van der Waals surface area contributed by atoms with Gasteiger partial charge in [-0.25, -0.2) is 4.79 Å². The summed E-state index contributed by atoms with van der Waals surface area (Å²) in [5, 5.41) is 41.6. The molecule has 1 aromatic heterocycles. The number of hydrogen-bond acceptors (Lipinski definition) is 18. The van der Waals surface area contributed by atoms with Crippen molar-refractivity contribution >= 4 is 76.8 Å². The van der Waals surface area contributed by atoms with Gasteiger partial charge in [0, 0.05) is 75.2 Å². The molecule has 2 saturated heterocycles. The molecule has 7 N–H and O–H groups in total. The van der Waals surface area contributed by atoms with Crippen LogP contribution < -0.4 is 31.5 Å². The van der Waals surface area contributed by atoms with Crippen LogP contribution in [-0.2, 0) is 68.8 Å². The summed E-state index contributed by atoms with van der Waals surface area (Å²) in [6, 6.07) is -14.1. The van der Waals surface area contributed by atoms with Gasteiger partial charge in [0.15, 0.2) is 0 Å². The van der Waals surface area contributed by atoms with Crippen LogP contribution in [-0.4, -0.2) is 293 Å². The Kier molecular flexibility index (Phi) is 36.9. The summed E-state index contributed by atoms with van der Waals surface area (Å²) in [5.41, 5.74) is 0.455. The van der Waals surface area contributed by atoms with Crippen LogP contribution in [0.15, 0.2) is 24.5 Å². The van der Waals surface area contributed by atoms with Crippen molar-refractivity contribution < 1.29 is 77.2 Å². The van der Waals surface area contributed by atoms with E-state index in [1.807, 2.05) is 55.4 Å². The number of aliphatic hydroxyl groups excluding tert-OH is 2. The van der Waals surface area contributed by atoms with Crippen molar-refractivity contribution in [1.29, 1.82) is 0 Å². The first-order chi connectivity index (χ1) is 48.5. The molecule has 12 amide bonds. The molecule has 3 heterocycles. The standard InChI is InChI=1S/C73H127N15O16/c1-24-25-26-48(13)62(91)61-67(96)79-59(51(16)89)71(100)80(17)40-58(90)82(19)55(35-44(6)7)65(94)77-53(33-42(2)3)69(98)84(21)56(36-45(8)9)64(93)75-49(14)63(92)76-50(15)68(97)83(20)57(66(95)78-54(34-43(4)5)70(99)85(22)60(46(10)11)72(101)86(61)23)37-47(12)41-104-73(102)81(18)52-38-74-88(39-52)28-27-87-29-31-103-32-30-87/h24-25,38-39,42-51,53-57,59-62,89,91H,26-37,40-41H2,1-23H3,(H,75,93)(H,76,92)(H,77,94)(H,78,95)(H,79,96)/b25-24+/t47-,48+,49-,50+,51?,53-,54-,55-,56-,57-,59-,60-,61-,62+/m0/s1. The SMILES string of the molecule is C/C=C/C[C@@H](C)[C@@H](O)[C@H]1C(=O)N[C@@H](C(C)O)C(=O)N(C)CC(=O)N(C)[C@@H](CC(C)C)C(=O)N[C@@H](CC(C)C)C(=O)N(C)[C@@H](CC(C)C)C(=O)N[C@@H](C)C(=O)N[C@H](C)C(=O)N(C)[C@@H](C[C@H](C)COC(=O)N(C)c2cnn(CCN3CCOCC3)c2)C(=O)N[C@@H](CC(C)C)C(=O)N(C)[C@@H](C(C)C)C(=O)N1C. The molecule has 2 fully saturated rings. The number of anilines is 1. The Balaban J connectivity index is 2.28. The van der Waals surface area contributed by atoms with Crippen molar-refractivity contribution in [3.05, 3.63) is 24.5 Å². The quantitative estimate of drug-likeness (QED) is 0.0817. The van der Waals surface area contributed by atoms with Crippen LogP contribution in [0.1, 0.15) is 149 Å². The van der Waals surface area contributed by atoms with E-state index in [-0.39, 0.29) is 68.8 Å². The van der Waals surface area contributed by atoms with Crippen LogP contribution in [0.25, 0.3) is 0 Å². The number of aliphatic hydroxyl groups is 2. The monoisotopic (exact) mass is 1470 g/mol. The van der Waals surface area contributed by atoms with Crippen LogP contribution in [0.3, 0.4) is 0 Å². The lowest BCUT2D eigenvalue weighted by atomic mass is 9.91. The van der Waals surface area contributed by atoms with Gasteiger partial charge in [-0.2, -0.15) is 5.10 Å². The minimum absolute atomic E-state index is 0.00114. The number of morpholine rings is 1. The first-order valence-corrected chi connectivity index (χ1v) is 36.8. The zero-order valence-electron chi connectivity index (χ0n) is 66.3. The van der Waals surface area contributed by atoms with Gasteiger partial charge in [0.25, 0.3) is 0 Å². The number of hydrogen-bond donors (Lipinski definition) is 7. The third-order valence-corrected chi connectivity index (χ3v) is 19.2. The highest BCUT2D eigenvalue weighted by molar-refractivity contribution is 6.00. The third kappa shape index (κ3) is 26.7. The number of amides is 12. The molecule has 1 unspecified atom stereocenters. The largest absolute Gasteiger partial charge is 0.449 e. The Bertz CT molecular complexity index is 3060. The van der Waals surface area contributed by atoms with Gasteiger partial charge >= 0.3 is 6.09 Å². The van der Waals surface area contributed by atoms with Gasteiger partial charge in [0.1, 0.15) is 60.4 Å². The van der Waals surface area contributed by atoms with E-state index < -0.39 is 168 Å². The molecule has 2 aliphatic heterocycles. The fourth-order valence-electron chi connectivity index (χ4n) is 12.8. The number of carbonyl (C=O) groups is 12. The lowest BCUT2D eigenvalue weighted by Crippen LogP contribution is -2.64. The summed E-state index contributed by atoms with van der Waals surface area (Å²) < 4.78 is 13.0. The zero-order chi connectivity index (χ0) is 79.1.